The fourth-order valence-corrected chi connectivity index (χ4v) is 3.38. The van der Waals surface area contributed by atoms with Crippen molar-refractivity contribution in [2.45, 2.75) is 17.8 Å². The zero-order valence-electron chi connectivity index (χ0n) is 10.9. The molecule has 1 aromatic heterocycles. The molecule has 0 saturated heterocycles. The average molecular weight is 328 g/mol. The second kappa shape index (κ2) is 6.16. The number of aromatic nitrogens is 2. The van der Waals surface area contributed by atoms with E-state index in [1.165, 1.54) is 19.1 Å². The third-order valence-corrected chi connectivity index (χ3v) is 4.93. The summed E-state index contributed by atoms with van der Waals surface area (Å²) in [7, 11) is -3.80. The highest BCUT2D eigenvalue weighted by atomic mass is 32.2. The van der Waals surface area contributed by atoms with Gasteiger partial charge in [-0.3, -0.25) is 4.79 Å². The van der Waals surface area contributed by atoms with Crippen LogP contribution in [0.1, 0.15) is 12.5 Å². The molecule has 0 aliphatic heterocycles. The molecular weight excluding hydrogens is 316 g/mol. The van der Waals surface area contributed by atoms with Crippen LogP contribution in [0.4, 0.5) is 5.13 Å². The van der Waals surface area contributed by atoms with Gasteiger partial charge in [0.1, 0.15) is 5.75 Å². The van der Waals surface area contributed by atoms with Crippen molar-refractivity contribution in [3.8, 4) is 5.75 Å². The van der Waals surface area contributed by atoms with E-state index in [4.69, 9.17) is 5.11 Å². The Bertz CT molecular complexity index is 740. The fourth-order valence-electron chi connectivity index (χ4n) is 1.37. The van der Waals surface area contributed by atoms with Crippen LogP contribution >= 0.6 is 11.3 Å². The first-order valence-electron chi connectivity index (χ1n) is 5.75. The monoisotopic (exact) mass is 328 g/mol. The molecule has 0 atom stereocenters. The van der Waals surface area contributed by atoms with E-state index in [1.54, 1.807) is 12.1 Å². The maximum atomic E-state index is 12.0. The van der Waals surface area contributed by atoms with E-state index in [0.717, 1.165) is 11.3 Å². The molecule has 2 rings (SSSR count). The van der Waals surface area contributed by atoms with E-state index in [9.17, 15) is 13.2 Å². The Morgan fingerprint density at radius 2 is 1.95 bits per heavy atom. The maximum Gasteiger partial charge on any atom is 0.270 e. The lowest BCUT2D eigenvalue weighted by molar-refractivity contribution is -0.114. The molecule has 0 aliphatic carbocycles. The zero-order valence-corrected chi connectivity index (χ0v) is 12.5. The van der Waals surface area contributed by atoms with Crippen molar-refractivity contribution in [1.29, 1.82) is 0 Å². The predicted octanol–water partition coefficient (Wildman–Crippen LogP) is 0.681. The lowest BCUT2D eigenvalue weighted by atomic mass is 10.2. The van der Waals surface area contributed by atoms with E-state index in [0.29, 0.717) is 5.56 Å². The molecule has 0 spiro atoms. The Labute approximate surface area is 124 Å². The number of nitrogens with one attached hydrogen (secondary N) is 2. The molecule has 0 fully saturated rings. The summed E-state index contributed by atoms with van der Waals surface area (Å²) in [5.41, 5.74) is 0.683. The van der Waals surface area contributed by atoms with E-state index >= 15 is 0 Å². The number of phenols is 1. The van der Waals surface area contributed by atoms with Gasteiger partial charge >= 0.3 is 0 Å². The summed E-state index contributed by atoms with van der Waals surface area (Å²) in [6.45, 7) is 1.34. The minimum atomic E-state index is -3.80. The molecule has 0 radical (unpaired) electrons. The van der Waals surface area contributed by atoms with Crippen molar-refractivity contribution in [2.24, 2.45) is 0 Å². The number of sulfonamides is 1. The van der Waals surface area contributed by atoms with E-state index in [2.05, 4.69) is 20.2 Å². The van der Waals surface area contributed by atoms with Gasteiger partial charge in [-0.05, 0) is 17.7 Å². The Balaban J connectivity index is 2.06. The van der Waals surface area contributed by atoms with Crippen LogP contribution in [0.2, 0.25) is 0 Å². The Hall–Kier alpha value is -2.04. The van der Waals surface area contributed by atoms with Crippen LogP contribution < -0.4 is 10.0 Å². The summed E-state index contributed by atoms with van der Waals surface area (Å²) in [5.74, 6) is -0.252. The SMILES string of the molecule is CC(=O)Nc1nnc(S(=O)(=O)NCc2ccc(O)cc2)s1. The number of carbonyl (C=O) groups excluding carboxylic acids is 1. The maximum absolute atomic E-state index is 12.0. The van der Waals surface area contributed by atoms with Crippen LogP contribution in [0.3, 0.4) is 0 Å². The number of phenolic OH excluding ortho intramolecular Hbond substituents is 1. The highest BCUT2D eigenvalue weighted by molar-refractivity contribution is 7.91. The normalized spacial score (nSPS) is 11.3. The van der Waals surface area contributed by atoms with E-state index < -0.39 is 10.0 Å². The Morgan fingerprint density at radius 1 is 1.29 bits per heavy atom. The van der Waals surface area contributed by atoms with E-state index in [1.807, 2.05) is 0 Å². The molecule has 21 heavy (non-hydrogen) atoms. The molecule has 112 valence electrons. The number of rotatable bonds is 5. The zero-order chi connectivity index (χ0) is 15.5. The van der Waals surface area contributed by atoms with Gasteiger partial charge in [0.2, 0.25) is 15.4 Å². The number of hydrogen-bond donors (Lipinski definition) is 3. The number of anilines is 1. The third-order valence-electron chi connectivity index (χ3n) is 2.32. The molecular formula is C11H12N4O4S2. The van der Waals surface area contributed by atoms with Crippen LogP contribution in [0.25, 0.3) is 0 Å². The van der Waals surface area contributed by atoms with Gasteiger partial charge in [0.25, 0.3) is 10.0 Å². The third kappa shape index (κ3) is 4.21. The van der Waals surface area contributed by atoms with Gasteiger partial charge in [0, 0.05) is 13.5 Å². The van der Waals surface area contributed by atoms with Gasteiger partial charge in [-0.25, -0.2) is 13.1 Å². The minimum Gasteiger partial charge on any atom is -0.508 e. The lowest BCUT2D eigenvalue weighted by Crippen LogP contribution is -2.23. The smallest absolute Gasteiger partial charge is 0.270 e. The Morgan fingerprint density at radius 3 is 2.57 bits per heavy atom. The number of benzene rings is 1. The number of hydrogen-bond acceptors (Lipinski definition) is 7. The van der Waals surface area contributed by atoms with E-state index in [-0.39, 0.29) is 27.7 Å². The molecule has 0 unspecified atom stereocenters. The van der Waals surface area contributed by atoms with Crippen LogP contribution in [0, 0.1) is 0 Å². The highest BCUT2D eigenvalue weighted by Crippen LogP contribution is 2.20. The van der Waals surface area contributed by atoms with Crippen molar-refractivity contribution < 1.29 is 18.3 Å². The van der Waals surface area contributed by atoms with Gasteiger partial charge < -0.3 is 10.4 Å². The number of amides is 1. The molecule has 1 heterocycles. The topological polar surface area (TPSA) is 121 Å². The first-order valence-corrected chi connectivity index (χ1v) is 8.05. The number of carbonyl (C=O) groups is 1. The number of aromatic hydroxyl groups is 1. The predicted molar refractivity (Wildman–Crippen MR) is 76.3 cm³/mol. The first kappa shape index (κ1) is 15.4. The van der Waals surface area contributed by atoms with Gasteiger partial charge in [0.15, 0.2) is 0 Å². The highest BCUT2D eigenvalue weighted by Gasteiger charge is 2.20. The summed E-state index contributed by atoms with van der Waals surface area (Å²) in [6, 6.07) is 6.12. The lowest BCUT2D eigenvalue weighted by Gasteiger charge is -2.03. The second-order valence-electron chi connectivity index (χ2n) is 4.05. The summed E-state index contributed by atoms with van der Waals surface area (Å²) in [5, 5.41) is 18.7. The molecule has 0 saturated carbocycles. The summed E-state index contributed by atoms with van der Waals surface area (Å²) < 4.78 is 26.1. The molecule has 0 bridgehead atoms. The largest absolute Gasteiger partial charge is 0.508 e. The van der Waals surface area contributed by atoms with Crippen molar-refractivity contribution in [3.05, 3.63) is 29.8 Å². The van der Waals surface area contributed by atoms with Crippen LogP contribution in [-0.2, 0) is 21.4 Å². The number of nitrogens with zero attached hydrogens (tertiary/aromatic N) is 2. The van der Waals surface area contributed by atoms with Gasteiger partial charge in [0.05, 0.1) is 0 Å². The van der Waals surface area contributed by atoms with Crippen LogP contribution in [0.15, 0.2) is 28.6 Å². The summed E-state index contributed by atoms with van der Waals surface area (Å²) in [4.78, 5) is 10.9. The van der Waals surface area contributed by atoms with Gasteiger partial charge in [-0.15, -0.1) is 10.2 Å². The van der Waals surface area contributed by atoms with Gasteiger partial charge in [-0.1, -0.05) is 23.5 Å². The molecule has 2 aromatic rings. The van der Waals surface area contributed by atoms with Crippen molar-refractivity contribution in [3.63, 3.8) is 0 Å². The molecule has 3 N–H and O–H groups in total. The quantitative estimate of drug-likeness (QED) is 0.694. The van der Waals surface area contributed by atoms with Crippen LogP contribution in [-0.4, -0.2) is 29.6 Å². The first-order chi connectivity index (χ1) is 9.87. The van der Waals surface area contributed by atoms with Crippen LogP contribution in [0.5, 0.6) is 5.75 Å². The molecule has 8 nitrogen and oxygen atoms in total. The minimum absolute atomic E-state index is 0.0532. The molecule has 1 aromatic carbocycles. The van der Waals surface area contributed by atoms with Gasteiger partial charge in [-0.2, -0.15) is 0 Å². The Kier molecular flexibility index (Phi) is 4.50. The standard InChI is InChI=1S/C11H12N4O4S2/c1-7(16)13-10-14-15-11(20-10)21(18,19)12-6-8-2-4-9(17)5-3-8/h2-5,12,17H,6H2,1H3,(H,13,14,16). The molecule has 10 heteroatoms. The average Bonchev–Trinajstić information content (AvgIpc) is 2.86. The van der Waals surface area contributed by atoms with Crippen molar-refractivity contribution in [1.82, 2.24) is 14.9 Å². The molecule has 1 amide bonds. The summed E-state index contributed by atoms with van der Waals surface area (Å²) >= 11 is 0.761. The van der Waals surface area contributed by atoms with Crippen molar-refractivity contribution in [2.75, 3.05) is 5.32 Å². The molecule has 0 aliphatic rings. The summed E-state index contributed by atoms with van der Waals surface area (Å²) in [6.07, 6.45) is 0. The second-order valence-corrected chi connectivity index (χ2v) is 6.96. The fraction of sp³-hybridized carbons (Fsp3) is 0.182. The van der Waals surface area contributed by atoms with Crippen molar-refractivity contribution >= 4 is 32.4 Å².